The Kier molecular flexibility index (Phi) is 4.65. The van der Waals surface area contributed by atoms with Crippen molar-refractivity contribution in [1.29, 1.82) is 0 Å². The van der Waals surface area contributed by atoms with Gasteiger partial charge in [0.1, 0.15) is 11.3 Å². The second-order valence-electron chi connectivity index (χ2n) is 4.74. The van der Waals surface area contributed by atoms with Crippen LogP contribution in [0.25, 0.3) is 0 Å². The van der Waals surface area contributed by atoms with Crippen LogP contribution < -0.4 is 5.73 Å². The van der Waals surface area contributed by atoms with Crippen molar-refractivity contribution in [2.45, 2.75) is 32.4 Å². The van der Waals surface area contributed by atoms with Gasteiger partial charge in [0, 0.05) is 33.3 Å². The molecule has 2 rings (SSSR count). The zero-order valence-electron chi connectivity index (χ0n) is 11.2. The normalized spacial score (nSPS) is 23.9. The van der Waals surface area contributed by atoms with E-state index in [0.29, 0.717) is 32.8 Å². The number of hydrogen-bond donors (Lipinski definition) is 1. The highest BCUT2D eigenvalue weighted by Crippen LogP contribution is 2.36. The van der Waals surface area contributed by atoms with E-state index in [2.05, 4.69) is 4.99 Å². The first-order chi connectivity index (χ1) is 9.45. The van der Waals surface area contributed by atoms with E-state index in [4.69, 9.17) is 45.3 Å². The van der Waals surface area contributed by atoms with Crippen LogP contribution in [0.2, 0.25) is 10.0 Å². The SMILES string of the molecule is CCC1(C)N=C(c2cc(Cl)c(CN)c(Cl)c2)OC1=CCl. The van der Waals surface area contributed by atoms with Crippen LogP contribution in [0.3, 0.4) is 0 Å². The van der Waals surface area contributed by atoms with Crippen LogP contribution in [0.5, 0.6) is 0 Å². The van der Waals surface area contributed by atoms with Crippen LogP contribution in [0.4, 0.5) is 0 Å². The highest BCUT2D eigenvalue weighted by atomic mass is 35.5. The second kappa shape index (κ2) is 5.94. The minimum Gasteiger partial charge on any atom is -0.440 e. The third kappa shape index (κ3) is 2.68. The molecule has 1 heterocycles. The van der Waals surface area contributed by atoms with Crippen molar-refractivity contribution in [3.8, 4) is 0 Å². The zero-order valence-corrected chi connectivity index (χ0v) is 13.5. The maximum Gasteiger partial charge on any atom is 0.222 e. The predicted octanol–water partition coefficient (Wildman–Crippen LogP) is 4.48. The van der Waals surface area contributed by atoms with E-state index < -0.39 is 5.54 Å². The Labute approximate surface area is 133 Å². The average molecular weight is 334 g/mol. The Morgan fingerprint density at radius 1 is 1.35 bits per heavy atom. The van der Waals surface area contributed by atoms with Crippen molar-refractivity contribution >= 4 is 40.7 Å². The summed E-state index contributed by atoms with van der Waals surface area (Å²) in [4.78, 5) is 4.59. The average Bonchev–Trinajstić information content (AvgIpc) is 2.76. The van der Waals surface area contributed by atoms with Crippen LogP contribution in [0.1, 0.15) is 31.4 Å². The highest BCUT2D eigenvalue weighted by Gasteiger charge is 2.36. The maximum atomic E-state index is 6.17. The fraction of sp³-hybridized carbons (Fsp3) is 0.357. The van der Waals surface area contributed by atoms with Crippen LogP contribution in [-0.4, -0.2) is 11.4 Å². The van der Waals surface area contributed by atoms with Gasteiger partial charge in [0.25, 0.3) is 0 Å². The van der Waals surface area contributed by atoms with Crippen molar-refractivity contribution < 1.29 is 4.74 Å². The van der Waals surface area contributed by atoms with Gasteiger partial charge in [-0.2, -0.15) is 0 Å². The number of halogens is 3. The predicted molar refractivity (Wildman–Crippen MR) is 84.6 cm³/mol. The standard InChI is InChI=1S/C14H15Cl3N2O/c1-3-14(2)12(6-15)20-13(19-14)8-4-10(16)9(7-18)11(17)5-8/h4-6H,3,7,18H2,1-2H3. The number of nitrogens with zero attached hydrogens (tertiary/aromatic N) is 1. The van der Waals surface area contributed by atoms with Crippen molar-refractivity contribution in [2.75, 3.05) is 0 Å². The summed E-state index contributed by atoms with van der Waals surface area (Å²) in [6.07, 6.45) is 0.775. The summed E-state index contributed by atoms with van der Waals surface area (Å²) >= 11 is 18.2. The number of rotatable bonds is 3. The first-order valence-corrected chi connectivity index (χ1v) is 7.41. The van der Waals surface area contributed by atoms with E-state index in [0.717, 1.165) is 6.42 Å². The summed E-state index contributed by atoms with van der Waals surface area (Å²) < 4.78 is 5.72. The lowest BCUT2D eigenvalue weighted by Crippen LogP contribution is -2.19. The molecule has 0 aliphatic carbocycles. The van der Waals surface area contributed by atoms with Crippen molar-refractivity contribution in [3.05, 3.63) is 44.6 Å². The summed E-state index contributed by atoms with van der Waals surface area (Å²) in [5.74, 6) is 1.08. The lowest BCUT2D eigenvalue weighted by molar-refractivity contribution is 0.364. The molecule has 3 nitrogen and oxygen atoms in total. The third-order valence-corrected chi connectivity index (χ3v) is 4.34. The molecule has 1 aromatic rings. The lowest BCUT2D eigenvalue weighted by Gasteiger charge is -2.16. The van der Waals surface area contributed by atoms with Gasteiger partial charge in [0.2, 0.25) is 5.90 Å². The Morgan fingerprint density at radius 3 is 2.35 bits per heavy atom. The van der Waals surface area contributed by atoms with E-state index in [1.165, 1.54) is 5.54 Å². The topological polar surface area (TPSA) is 47.6 Å². The molecule has 0 radical (unpaired) electrons. The summed E-state index contributed by atoms with van der Waals surface area (Å²) in [7, 11) is 0. The first-order valence-electron chi connectivity index (χ1n) is 6.22. The Morgan fingerprint density at radius 2 is 1.95 bits per heavy atom. The molecule has 0 saturated carbocycles. The second-order valence-corrected chi connectivity index (χ2v) is 5.77. The van der Waals surface area contributed by atoms with E-state index in [9.17, 15) is 0 Å². The molecule has 0 bridgehead atoms. The van der Waals surface area contributed by atoms with Crippen molar-refractivity contribution in [2.24, 2.45) is 10.7 Å². The minimum absolute atomic E-state index is 0.283. The Balaban J connectivity index is 2.46. The van der Waals surface area contributed by atoms with Crippen LogP contribution in [-0.2, 0) is 11.3 Å². The van der Waals surface area contributed by atoms with Gasteiger partial charge in [-0.05, 0) is 25.5 Å². The van der Waals surface area contributed by atoms with Gasteiger partial charge in [0.15, 0.2) is 0 Å². The van der Waals surface area contributed by atoms with Gasteiger partial charge in [-0.25, -0.2) is 4.99 Å². The quantitative estimate of drug-likeness (QED) is 0.886. The lowest BCUT2D eigenvalue weighted by atomic mass is 9.99. The fourth-order valence-corrected chi connectivity index (χ4v) is 2.88. The number of nitrogens with two attached hydrogens (primary N) is 1. The summed E-state index contributed by atoms with van der Waals surface area (Å²) in [6, 6.07) is 3.50. The molecule has 1 unspecified atom stereocenters. The van der Waals surface area contributed by atoms with Gasteiger partial charge in [0.05, 0.1) is 0 Å². The molecule has 6 heteroatoms. The van der Waals surface area contributed by atoms with Gasteiger partial charge < -0.3 is 10.5 Å². The number of ether oxygens (including phenoxy) is 1. The minimum atomic E-state index is -0.456. The van der Waals surface area contributed by atoms with Crippen LogP contribution in [0.15, 0.2) is 28.4 Å². The van der Waals surface area contributed by atoms with E-state index >= 15 is 0 Å². The molecule has 108 valence electrons. The molecule has 2 N–H and O–H groups in total. The van der Waals surface area contributed by atoms with Gasteiger partial charge in [-0.15, -0.1) is 0 Å². The molecule has 1 aromatic carbocycles. The molecule has 0 amide bonds. The molecule has 1 aliphatic heterocycles. The number of benzene rings is 1. The molecule has 20 heavy (non-hydrogen) atoms. The zero-order chi connectivity index (χ0) is 14.9. The molecular weight excluding hydrogens is 319 g/mol. The Hall–Kier alpha value is -0.740. The van der Waals surface area contributed by atoms with Crippen molar-refractivity contribution in [3.63, 3.8) is 0 Å². The van der Waals surface area contributed by atoms with E-state index in [1.54, 1.807) is 12.1 Å². The van der Waals surface area contributed by atoms with Gasteiger partial charge >= 0.3 is 0 Å². The molecule has 1 atom stereocenters. The maximum absolute atomic E-state index is 6.17. The highest BCUT2D eigenvalue weighted by molar-refractivity contribution is 6.36. The smallest absolute Gasteiger partial charge is 0.222 e. The number of hydrogen-bond acceptors (Lipinski definition) is 3. The fourth-order valence-electron chi connectivity index (χ4n) is 1.95. The number of aliphatic imine (C=N–C) groups is 1. The van der Waals surface area contributed by atoms with E-state index in [1.807, 2.05) is 13.8 Å². The molecule has 0 spiro atoms. The Bertz CT molecular complexity index is 575. The molecule has 0 fully saturated rings. The molecule has 0 aromatic heterocycles. The first kappa shape index (κ1) is 15.6. The van der Waals surface area contributed by atoms with Gasteiger partial charge in [-0.3, -0.25) is 0 Å². The van der Waals surface area contributed by atoms with E-state index in [-0.39, 0.29) is 6.54 Å². The molecule has 0 saturated heterocycles. The van der Waals surface area contributed by atoms with Crippen molar-refractivity contribution in [1.82, 2.24) is 0 Å². The molecular formula is C14H15Cl3N2O. The van der Waals surface area contributed by atoms with Gasteiger partial charge in [-0.1, -0.05) is 41.7 Å². The van der Waals surface area contributed by atoms with Crippen LogP contribution >= 0.6 is 34.8 Å². The monoisotopic (exact) mass is 332 g/mol. The molecule has 1 aliphatic rings. The summed E-state index contributed by atoms with van der Waals surface area (Å²) in [5, 5.41) is 1.01. The largest absolute Gasteiger partial charge is 0.440 e. The summed E-state index contributed by atoms with van der Waals surface area (Å²) in [6.45, 7) is 4.27. The third-order valence-electron chi connectivity index (χ3n) is 3.47. The summed E-state index contributed by atoms with van der Waals surface area (Å²) in [5.41, 5.74) is 7.99. The van der Waals surface area contributed by atoms with Crippen LogP contribution in [0, 0.1) is 0 Å².